The smallest absolute Gasteiger partial charge is 0.407 e. The molecule has 2 aliphatic rings. The lowest BCUT2D eigenvalue weighted by Crippen LogP contribution is -2.28. The standard InChI is InChI=1S/C27H25N3O5/c31-25(29-13-17-12-23(17)26(32)33)16-9-10-28-18(11-16)14-30-27(34)35-15-24-21-7-3-1-5-19(21)20-6-2-4-8-22(20)24/h1-11,17,23-24H,12-15H2,(H,29,31)(H,30,34)(H,32,33). The monoisotopic (exact) mass is 471 g/mol. The summed E-state index contributed by atoms with van der Waals surface area (Å²) >= 11 is 0. The second-order valence-electron chi connectivity index (χ2n) is 8.87. The molecule has 0 aliphatic heterocycles. The molecule has 35 heavy (non-hydrogen) atoms. The minimum absolute atomic E-state index is 0.0204. The van der Waals surface area contributed by atoms with Crippen LogP contribution in [-0.2, 0) is 16.1 Å². The van der Waals surface area contributed by atoms with E-state index in [-0.39, 0.29) is 36.8 Å². The summed E-state index contributed by atoms with van der Waals surface area (Å²) in [5.74, 6) is -1.54. The van der Waals surface area contributed by atoms with Crippen LogP contribution in [0.15, 0.2) is 66.9 Å². The zero-order valence-electron chi connectivity index (χ0n) is 18.9. The molecule has 3 aromatic rings. The van der Waals surface area contributed by atoms with Gasteiger partial charge in [0.25, 0.3) is 5.91 Å². The van der Waals surface area contributed by atoms with Gasteiger partial charge in [-0.05, 0) is 46.7 Å². The van der Waals surface area contributed by atoms with E-state index in [2.05, 4.69) is 39.9 Å². The van der Waals surface area contributed by atoms with E-state index in [0.717, 1.165) is 22.3 Å². The molecule has 2 amide bonds. The van der Waals surface area contributed by atoms with Crippen LogP contribution in [0.2, 0.25) is 0 Å². The van der Waals surface area contributed by atoms with Gasteiger partial charge in [0.05, 0.1) is 18.2 Å². The van der Waals surface area contributed by atoms with Gasteiger partial charge in [0.15, 0.2) is 0 Å². The number of carboxylic acid groups (broad SMARTS) is 1. The van der Waals surface area contributed by atoms with Gasteiger partial charge < -0.3 is 20.5 Å². The van der Waals surface area contributed by atoms with E-state index in [4.69, 9.17) is 9.84 Å². The second kappa shape index (κ2) is 9.58. The number of aromatic nitrogens is 1. The summed E-state index contributed by atoms with van der Waals surface area (Å²) in [5, 5.41) is 14.4. The van der Waals surface area contributed by atoms with E-state index < -0.39 is 12.1 Å². The van der Waals surface area contributed by atoms with Crippen molar-refractivity contribution in [1.29, 1.82) is 0 Å². The summed E-state index contributed by atoms with van der Waals surface area (Å²) < 4.78 is 5.54. The number of benzene rings is 2. The number of pyridine rings is 1. The number of fused-ring (bicyclic) bond motifs is 3. The third kappa shape index (κ3) is 4.87. The highest BCUT2D eigenvalue weighted by atomic mass is 16.5. The first-order chi connectivity index (χ1) is 17.0. The number of hydrogen-bond donors (Lipinski definition) is 3. The molecule has 8 heteroatoms. The number of carboxylic acids is 1. The third-order valence-corrected chi connectivity index (χ3v) is 6.60. The Bertz CT molecular complexity index is 1250. The topological polar surface area (TPSA) is 118 Å². The van der Waals surface area contributed by atoms with Gasteiger partial charge in [-0.25, -0.2) is 4.79 Å². The van der Waals surface area contributed by atoms with Crippen molar-refractivity contribution in [2.24, 2.45) is 11.8 Å². The summed E-state index contributed by atoms with van der Waals surface area (Å²) in [7, 11) is 0. The van der Waals surface area contributed by atoms with Gasteiger partial charge >= 0.3 is 12.1 Å². The number of nitrogens with one attached hydrogen (secondary N) is 2. The summed E-state index contributed by atoms with van der Waals surface area (Å²) in [6.45, 7) is 0.654. The number of carbonyl (C=O) groups excluding carboxylic acids is 2. The summed E-state index contributed by atoms with van der Waals surface area (Å²) in [6, 6.07) is 19.4. The minimum Gasteiger partial charge on any atom is -0.481 e. The van der Waals surface area contributed by atoms with Crippen molar-refractivity contribution in [3.05, 3.63) is 89.2 Å². The molecule has 0 spiro atoms. The Morgan fingerprint density at radius 1 is 0.971 bits per heavy atom. The molecule has 1 heterocycles. The lowest BCUT2D eigenvalue weighted by atomic mass is 9.98. The molecule has 2 aliphatic carbocycles. The molecule has 2 unspecified atom stereocenters. The highest BCUT2D eigenvalue weighted by molar-refractivity contribution is 5.94. The van der Waals surface area contributed by atoms with E-state index in [1.165, 1.54) is 6.20 Å². The molecule has 8 nitrogen and oxygen atoms in total. The molecule has 178 valence electrons. The van der Waals surface area contributed by atoms with Gasteiger partial charge in [-0.3, -0.25) is 14.6 Å². The number of alkyl carbamates (subject to hydrolysis) is 1. The van der Waals surface area contributed by atoms with Crippen LogP contribution in [0.4, 0.5) is 4.79 Å². The largest absolute Gasteiger partial charge is 0.481 e. The number of carbonyl (C=O) groups is 3. The molecule has 2 aromatic carbocycles. The van der Waals surface area contributed by atoms with Crippen LogP contribution in [-0.4, -0.2) is 41.2 Å². The average molecular weight is 472 g/mol. The van der Waals surface area contributed by atoms with Crippen LogP contribution >= 0.6 is 0 Å². The first-order valence-electron chi connectivity index (χ1n) is 11.6. The van der Waals surface area contributed by atoms with Crippen LogP contribution in [0.3, 0.4) is 0 Å². The maximum atomic E-state index is 12.4. The Hall–Kier alpha value is -4.20. The summed E-state index contributed by atoms with van der Waals surface area (Å²) in [6.07, 6.45) is 1.53. The van der Waals surface area contributed by atoms with Crippen molar-refractivity contribution in [2.75, 3.05) is 13.2 Å². The van der Waals surface area contributed by atoms with Crippen LogP contribution in [0.5, 0.6) is 0 Å². The van der Waals surface area contributed by atoms with E-state index in [1.807, 2.05) is 24.3 Å². The Balaban J connectivity index is 1.13. The number of aliphatic carboxylic acids is 1. The predicted molar refractivity (Wildman–Crippen MR) is 128 cm³/mol. The molecular weight excluding hydrogens is 446 g/mol. The van der Waals surface area contributed by atoms with Gasteiger partial charge in [0, 0.05) is 24.2 Å². The quantitative estimate of drug-likeness (QED) is 0.462. The summed E-state index contributed by atoms with van der Waals surface area (Å²) in [4.78, 5) is 39.9. The van der Waals surface area contributed by atoms with Crippen molar-refractivity contribution >= 4 is 18.0 Å². The predicted octanol–water partition coefficient (Wildman–Crippen LogP) is 3.57. The first-order valence-corrected chi connectivity index (χ1v) is 11.6. The van der Waals surface area contributed by atoms with Crippen LogP contribution in [0, 0.1) is 11.8 Å². The number of amides is 2. The number of hydrogen-bond acceptors (Lipinski definition) is 5. The fourth-order valence-electron chi connectivity index (χ4n) is 4.63. The van der Waals surface area contributed by atoms with Crippen molar-refractivity contribution in [3.63, 3.8) is 0 Å². The molecule has 2 atom stereocenters. The average Bonchev–Trinajstić information content (AvgIpc) is 3.60. The van der Waals surface area contributed by atoms with Gasteiger partial charge in [-0.1, -0.05) is 48.5 Å². The van der Waals surface area contributed by atoms with Gasteiger partial charge in [0.1, 0.15) is 6.61 Å². The Morgan fingerprint density at radius 2 is 1.66 bits per heavy atom. The number of nitrogens with zero attached hydrogens (tertiary/aromatic N) is 1. The minimum atomic E-state index is -0.824. The summed E-state index contributed by atoms with van der Waals surface area (Å²) in [5.41, 5.74) is 5.52. The maximum Gasteiger partial charge on any atom is 0.407 e. The first kappa shape index (κ1) is 22.6. The highest BCUT2D eigenvalue weighted by Gasteiger charge is 2.43. The number of rotatable bonds is 8. The maximum absolute atomic E-state index is 12.4. The number of ether oxygens (including phenoxy) is 1. The van der Waals surface area contributed by atoms with Crippen LogP contribution in [0.1, 0.15) is 39.5 Å². The normalized spacial score (nSPS) is 17.7. The van der Waals surface area contributed by atoms with E-state index in [9.17, 15) is 14.4 Å². The Kier molecular flexibility index (Phi) is 6.18. The highest BCUT2D eigenvalue weighted by Crippen LogP contribution is 2.44. The van der Waals surface area contributed by atoms with Gasteiger partial charge in [-0.15, -0.1) is 0 Å². The molecule has 1 saturated carbocycles. The van der Waals surface area contributed by atoms with Crippen molar-refractivity contribution < 1.29 is 24.2 Å². The lowest BCUT2D eigenvalue weighted by molar-refractivity contribution is -0.138. The molecule has 0 bridgehead atoms. The van der Waals surface area contributed by atoms with Crippen LogP contribution < -0.4 is 10.6 Å². The van der Waals surface area contributed by atoms with Crippen molar-refractivity contribution in [2.45, 2.75) is 18.9 Å². The second-order valence-corrected chi connectivity index (χ2v) is 8.87. The molecule has 0 radical (unpaired) electrons. The molecular formula is C27H25N3O5. The fraction of sp³-hybridized carbons (Fsp3) is 0.259. The molecule has 0 saturated heterocycles. The van der Waals surface area contributed by atoms with E-state index in [1.54, 1.807) is 12.1 Å². The molecule has 1 fully saturated rings. The van der Waals surface area contributed by atoms with E-state index in [0.29, 0.717) is 24.2 Å². The van der Waals surface area contributed by atoms with Crippen molar-refractivity contribution in [3.8, 4) is 11.1 Å². The van der Waals surface area contributed by atoms with Crippen LogP contribution in [0.25, 0.3) is 11.1 Å². The van der Waals surface area contributed by atoms with E-state index >= 15 is 0 Å². The fourth-order valence-corrected chi connectivity index (χ4v) is 4.63. The molecule has 1 aromatic heterocycles. The molecule has 5 rings (SSSR count). The Morgan fingerprint density at radius 3 is 2.31 bits per heavy atom. The van der Waals surface area contributed by atoms with Gasteiger partial charge in [0.2, 0.25) is 0 Å². The lowest BCUT2D eigenvalue weighted by Gasteiger charge is -2.14. The SMILES string of the molecule is O=C(NCc1cc(C(=O)NCC2CC2C(=O)O)ccn1)OCC1c2ccccc2-c2ccccc21. The van der Waals surface area contributed by atoms with Crippen molar-refractivity contribution in [1.82, 2.24) is 15.6 Å². The zero-order chi connectivity index (χ0) is 24.4. The van der Waals surface area contributed by atoms with Gasteiger partial charge in [-0.2, -0.15) is 0 Å². The Labute approximate surface area is 202 Å². The molecule has 3 N–H and O–H groups in total. The third-order valence-electron chi connectivity index (χ3n) is 6.60. The zero-order valence-corrected chi connectivity index (χ0v) is 18.9.